The lowest BCUT2D eigenvalue weighted by Crippen LogP contribution is -2.30. The van der Waals surface area contributed by atoms with Gasteiger partial charge >= 0.3 is 0 Å². The van der Waals surface area contributed by atoms with E-state index in [1.807, 2.05) is 13.8 Å². The van der Waals surface area contributed by atoms with E-state index in [1.54, 1.807) is 17.9 Å². The fourth-order valence-corrected chi connectivity index (χ4v) is 2.26. The molecule has 1 atom stereocenters. The number of nitro groups is 1. The van der Waals surface area contributed by atoms with Crippen molar-refractivity contribution in [3.63, 3.8) is 0 Å². The van der Waals surface area contributed by atoms with Crippen molar-refractivity contribution in [1.82, 2.24) is 15.1 Å². The van der Waals surface area contributed by atoms with Crippen molar-refractivity contribution in [3.8, 4) is 0 Å². The topological polar surface area (TPSA) is 122 Å². The number of carbonyl (C=O) groups excluding carboxylic acids is 1. The second-order valence-electron chi connectivity index (χ2n) is 5.96. The van der Waals surface area contributed by atoms with Gasteiger partial charge in [-0.2, -0.15) is 5.10 Å². The van der Waals surface area contributed by atoms with E-state index in [4.69, 9.17) is 0 Å². The molecule has 0 fully saturated rings. The Kier molecular flexibility index (Phi) is 5.71. The van der Waals surface area contributed by atoms with Crippen LogP contribution >= 0.6 is 0 Å². The van der Waals surface area contributed by atoms with E-state index >= 15 is 0 Å². The van der Waals surface area contributed by atoms with E-state index in [0.29, 0.717) is 5.56 Å². The first-order valence-electron chi connectivity index (χ1n) is 7.77. The van der Waals surface area contributed by atoms with Gasteiger partial charge < -0.3 is 15.7 Å². The molecule has 0 saturated carbocycles. The number of nitrogens with zero attached hydrogens (tertiary/aromatic N) is 3. The van der Waals surface area contributed by atoms with Crippen LogP contribution in [0.15, 0.2) is 30.6 Å². The SMILES string of the molecule is CC(C)NC(=O)c1ccc(NCC(O)c2cnn(C)c2)c([N+](=O)[O-])c1. The highest BCUT2D eigenvalue weighted by Gasteiger charge is 2.19. The zero-order valence-electron chi connectivity index (χ0n) is 14.3. The standard InChI is InChI=1S/C16H21N5O4/c1-10(2)19-16(23)11-4-5-13(14(6-11)21(24)25)17-8-15(22)12-7-18-20(3)9-12/h4-7,9-10,15,17,22H,8H2,1-3H3,(H,19,23). The lowest BCUT2D eigenvalue weighted by molar-refractivity contribution is -0.384. The van der Waals surface area contributed by atoms with Crippen LogP contribution in [-0.4, -0.2) is 38.3 Å². The summed E-state index contributed by atoms with van der Waals surface area (Å²) in [6, 6.07) is 4.11. The number of nitrogens with one attached hydrogen (secondary N) is 2. The van der Waals surface area contributed by atoms with Gasteiger partial charge in [0.1, 0.15) is 5.69 Å². The molecule has 0 spiro atoms. The Morgan fingerprint density at radius 1 is 1.44 bits per heavy atom. The maximum absolute atomic E-state index is 12.0. The summed E-state index contributed by atoms with van der Waals surface area (Å²) in [7, 11) is 1.73. The number of nitro benzene ring substituents is 1. The van der Waals surface area contributed by atoms with Gasteiger partial charge in [0.15, 0.2) is 0 Å². The van der Waals surface area contributed by atoms with Gasteiger partial charge in [0.25, 0.3) is 11.6 Å². The maximum atomic E-state index is 12.0. The van der Waals surface area contributed by atoms with E-state index in [9.17, 15) is 20.0 Å². The first-order valence-corrected chi connectivity index (χ1v) is 7.77. The Labute approximate surface area is 144 Å². The average Bonchev–Trinajstić information content (AvgIpc) is 2.98. The number of amides is 1. The number of aliphatic hydroxyl groups is 1. The Hall–Kier alpha value is -2.94. The molecular weight excluding hydrogens is 326 g/mol. The van der Waals surface area contributed by atoms with Gasteiger partial charge in [0.05, 0.1) is 17.2 Å². The molecule has 9 heteroatoms. The molecular formula is C16H21N5O4. The lowest BCUT2D eigenvalue weighted by Gasteiger charge is -2.13. The van der Waals surface area contributed by atoms with Crippen LogP contribution in [-0.2, 0) is 7.05 Å². The molecule has 0 aliphatic carbocycles. The first-order chi connectivity index (χ1) is 11.8. The summed E-state index contributed by atoms with van der Waals surface area (Å²) in [5.41, 5.74) is 0.813. The van der Waals surface area contributed by atoms with Crippen LogP contribution in [0.4, 0.5) is 11.4 Å². The van der Waals surface area contributed by atoms with Crippen molar-refractivity contribution in [2.45, 2.75) is 26.0 Å². The molecule has 0 bridgehead atoms. The molecule has 0 aliphatic heterocycles. The van der Waals surface area contributed by atoms with Gasteiger partial charge in [-0.1, -0.05) is 0 Å². The Morgan fingerprint density at radius 2 is 2.16 bits per heavy atom. The third-order valence-corrected chi connectivity index (χ3v) is 3.47. The molecule has 1 aromatic carbocycles. The third-order valence-electron chi connectivity index (χ3n) is 3.47. The summed E-state index contributed by atoms with van der Waals surface area (Å²) in [6.07, 6.45) is 2.33. The predicted molar refractivity (Wildman–Crippen MR) is 92.4 cm³/mol. The Balaban J connectivity index is 2.14. The number of benzene rings is 1. The van der Waals surface area contributed by atoms with Gasteiger partial charge in [0, 0.05) is 43.0 Å². The van der Waals surface area contributed by atoms with Crippen LogP contribution in [0.5, 0.6) is 0 Å². The molecule has 3 N–H and O–H groups in total. The van der Waals surface area contributed by atoms with Crippen molar-refractivity contribution >= 4 is 17.3 Å². The number of anilines is 1. The lowest BCUT2D eigenvalue weighted by atomic mass is 10.1. The van der Waals surface area contributed by atoms with Crippen LogP contribution in [0.3, 0.4) is 0 Å². The number of aromatic nitrogens is 2. The molecule has 0 aliphatic rings. The third kappa shape index (κ3) is 4.77. The monoisotopic (exact) mass is 347 g/mol. The minimum absolute atomic E-state index is 0.0704. The smallest absolute Gasteiger partial charge is 0.293 e. The molecule has 2 aromatic rings. The summed E-state index contributed by atoms with van der Waals surface area (Å²) in [4.78, 5) is 22.7. The van der Waals surface area contributed by atoms with Crippen LogP contribution in [0.25, 0.3) is 0 Å². The fourth-order valence-electron chi connectivity index (χ4n) is 2.26. The molecule has 1 heterocycles. The van der Waals surface area contributed by atoms with Crippen molar-refractivity contribution in [2.75, 3.05) is 11.9 Å². The average molecular weight is 347 g/mol. The largest absolute Gasteiger partial charge is 0.386 e. The van der Waals surface area contributed by atoms with Crippen LogP contribution < -0.4 is 10.6 Å². The predicted octanol–water partition coefficient (Wildman–Crippen LogP) is 1.61. The fraction of sp³-hybridized carbons (Fsp3) is 0.375. The Bertz CT molecular complexity index is 772. The number of hydrogen-bond acceptors (Lipinski definition) is 6. The second-order valence-corrected chi connectivity index (χ2v) is 5.96. The zero-order chi connectivity index (χ0) is 18.6. The van der Waals surface area contributed by atoms with Gasteiger partial charge in [-0.15, -0.1) is 0 Å². The number of aryl methyl sites for hydroxylation is 1. The molecule has 1 unspecified atom stereocenters. The summed E-state index contributed by atoms with van der Waals surface area (Å²) >= 11 is 0. The molecule has 9 nitrogen and oxygen atoms in total. The molecule has 2 rings (SSSR count). The number of hydrogen-bond donors (Lipinski definition) is 3. The normalized spacial score (nSPS) is 12.0. The molecule has 0 radical (unpaired) electrons. The second kappa shape index (κ2) is 7.75. The van der Waals surface area contributed by atoms with E-state index in [-0.39, 0.29) is 35.4 Å². The molecule has 0 saturated heterocycles. The number of carbonyl (C=O) groups is 1. The van der Waals surface area contributed by atoms with Crippen LogP contribution in [0.2, 0.25) is 0 Å². The molecule has 1 amide bonds. The van der Waals surface area contributed by atoms with Crippen molar-refractivity contribution < 1.29 is 14.8 Å². The zero-order valence-corrected chi connectivity index (χ0v) is 14.3. The number of aliphatic hydroxyl groups excluding tert-OH is 1. The van der Waals surface area contributed by atoms with Crippen molar-refractivity contribution in [3.05, 3.63) is 51.8 Å². The summed E-state index contributed by atoms with van der Waals surface area (Å²) in [6.45, 7) is 3.69. The minimum Gasteiger partial charge on any atom is -0.386 e. The molecule has 25 heavy (non-hydrogen) atoms. The molecule has 134 valence electrons. The van der Waals surface area contributed by atoms with Gasteiger partial charge in [-0.3, -0.25) is 19.6 Å². The summed E-state index contributed by atoms with van der Waals surface area (Å²) in [5, 5.41) is 30.9. The highest BCUT2D eigenvalue weighted by Crippen LogP contribution is 2.26. The van der Waals surface area contributed by atoms with Gasteiger partial charge in [0.2, 0.25) is 0 Å². The highest BCUT2D eigenvalue weighted by molar-refractivity contribution is 5.95. The van der Waals surface area contributed by atoms with E-state index in [0.717, 1.165) is 0 Å². The molecule has 1 aromatic heterocycles. The minimum atomic E-state index is -0.864. The summed E-state index contributed by atoms with van der Waals surface area (Å²) in [5.74, 6) is -0.375. The van der Waals surface area contributed by atoms with Crippen molar-refractivity contribution in [2.24, 2.45) is 7.05 Å². The first kappa shape index (κ1) is 18.4. The quantitative estimate of drug-likeness (QED) is 0.517. The number of rotatable bonds is 7. The van der Waals surface area contributed by atoms with Crippen LogP contribution in [0, 0.1) is 10.1 Å². The maximum Gasteiger partial charge on any atom is 0.293 e. The summed E-state index contributed by atoms with van der Waals surface area (Å²) < 4.78 is 1.56. The highest BCUT2D eigenvalue weighted by atomic mass is 16.6. The van der Waals surface area contributed by atoms with Gasteiger partial charge in [-0.05, 0) is 26.0 Å². The van der Waals surface area contributed by atoms with E-state index in [2.05, 4.69) is 15.7 Å². The van der Waals surface area contributed by atoms with Crippen LogP contribution in [0.1, 0.15) is 35.9 Å². The van der Waals surface area contributed by atoms with E-state index < -0.39 is 11.0 Å². The Morgan fingerprint density at radius 3 is 2.72 bits per heavy atom. The van der Waals surface area contributed by atoms with Gasteiger partial charge in [-0.25, -0.2) is 0 Å². The van der Waals surface area contributed by atoms with E-state index in [1.165, 1.54) is 24.4 Å². The van der Waals surface area contributed by atoms with Crippen molar-refractivity contribution in [1.29, 1.82) is 0 Å².